The molecule has 1 amide bonds. The lowest BCUT2D eigenvalue weighted by atomic mass is 9.86. The molecular formula is C27H30BrN3O3. The summed E-state index contributed by atoms with van der Waals surface area (Å²) in [6.45, 7) is 13.1. The third kappa shape index (κ3) is 4.37. The van der Waals surface area contributed by atoms with E-state index in [1.807, 2.05) is 6.07 Å². The number of hydrogen-bond acceptors (Lipinski definition) is 5. The number of anilines is 1. The molecule has 0 fully saturated rings. The van der Waals surface area contributed by atoms with Crippen LogP contribution in [0, 0.1) is 6.92 Å². The van der Waals surface area contributed by atoms with Crippen LogP contribution >= 0.6 is 15.9 Å². The number of hydrogen-bond donors (Lipinski definition) is 1. The number of ether oxygens (including phenoxy) is 1. The second-order valence-electron chi connectivity index (χ2n) is 9.51. The highest BCUT2D eigenvalue weighted by molar-refractivity contribution is 9.10. The van der Waals surface area contributed by atoms with Crippen LogP contribution in [0.25, 0.3) is 16.5 Å². The number of halogens is 1. The number of rotatable bonds is 5. The van der Waals surface area contributed by atoms with Gasteiger partial charge in [0.2, 0.25) is 0 Å². The Kier molecular flexibility index (Phi) is 6.34. The Morgan fingerprint density at radius 3 is 2.62 bits per heavy atom. The fourth-order valence-corrected chi connectivity index (χ4v) is 5.31. The molecule has 0 atom stereocenters. The second-order valence-corrected chi connectivity index (χ2v) is 10.4. The Bertz CT molecular complexity index is 1330. The number of nitrogens with one attached hydrogen (secondary N) is 1. The summed E-state index contributed by atoms with van der Waals surface area (Å²) in [4.78, 5) is 15.1. The molecule has 0 radical (unpaired) electrons. The van der Waals surface area contributed by atoms with Crippen molar-refractivity contribution < 1.29 is 13.9 Å². The van der Waals surface area contributed by atoms with Gasteiger partial charge in [0.15, 0.2) is 17.1 Å². The first-order chi connectivity index (χ1) is 16.0. The maximum Gasteiger partial charge on any atom is 0.307 e. The number of allylic oxidation sites excluding steroid dienone is 1. The number of amides is 1. The summed E-state index contributed by atoms with van der Waals surface area (Å²) in [7, 11) is 1.56. The molecular weight excluding hydrogens is 494 g/mol. The van der Waals surface area contributed by atoms with Gasteiger partial charge < -0.3 is 14.1 Å². The van der Waals surface area contributed by atoms with Crippen LogP contribution in [0.1, 0.15) is 61.9 Å². The molecule has 1 N–H and O–H groups in total. The summed E-state index contributed by atoms with van der Waals surface area (Å²) in [6.07, 6.45) is 3.99. The van der Waals surface area contributed by atoms with Crippen molar-refractivity contribution in [3.8, 4) is 5.75 Å². The number of nitrogens with zero attached hydrogens (tertiary/aromatic N) is 2. The predicted molar refractivity (Wildman–Crippen MR) is 142 cm³/mol. The van der Waals surface area contributed by atoms with Gasteiger partial charge >= 0.3 is 5.91 Å². The molecule has 2 aromatic carbocycles. The average molecular weight is 524 g/mol. The minimum absolute atomic E-state index is 0.0634. The van der Waals surface area contributed by atoms with E-state index in [4.69, 9.17) is 9.15 Å². The first kappa shape index (κ1) is 24.1. The number of furan rings is 1. The van der Waals surface area contributed by atoms with E-state index < -0.39 is 5.91 Å². The summed E-state index contributed by atoms with van der Waals surface area (Å²) in [5, 5.41) is 4.98. The third-order valence-corrected chi connectivity index (χ3v) is 6.59. The monoisotopic (exact) mass is 523 g/mol. The number of carbonyl (C=O) groups excluding carboxylic acids is 1. The average Bonchev–Trinajstić information content (AvgIpc) is 3.17. The Morgan fingerprint density at radius 1 is 1.21 bits per heavy atom. The molecule has 0 saturated heterocycles. The molecule has 0 aliphatic carbocycles. The summed E-state index contributed by atoms with van der Waals surface area (Å²) >= 11 is 3.44. The smallest absolute Gasteiger partial charge is 0.307 e. The first-order valence-electron chi connectivity index (χ1n) is 11.3. The van der Waals surface area contributed by atoms with Crippen LogP contribution in [0.15, 0.2) is 50.4 Å². The van der Waals surface area contributed by atoms with Crippen molar-refractivity contribution in [2.45, 2.75) is 53.1 Å². The fraction of sp³-hybridized carbons (Fsp3) is 0.333. The zero-order valence-corrected chi connectivity index (χ0v) is 22.2. The normalized spacial score (nSPS) is 15.1. The quantitative estimate of drug-likeness (QED) is 0.299. The molecule has 6 nitrogen and oxygen atoms in total. The highest BCUT2D eigenvalue weighted by Crippen LogP contribution is 2.41. The topological polar surface area (TPSA) is 67.1 Å². The number of methoxy groups -OCH3 is 1. The van der Waals surface area contributed by atoms with Crippen molar-refractivity contribution >= 4 is 50.3 Å². The van der Waals surface area contributed by atoms with Gasteiger partial charge in [0.05, 0.1) is 18.9 Å². The minimum Gasteiger partial charge on any atom is -0.493 e. The van der Waals surface area contributed by atoms with Gasteiger partial charge in [0.1, 0.15) is 0 Å². The van der Waals surface area contributed by atoms with Gasteiger partial charge in [-0.15, -0.1) is 0 Å². The van der Waals surface area contributed by atoms with Crippen LogP contribution < -0.4 is 15.1 Å². The van der Waals surface area contributed by atoms with E-state index in [1.54, 1.807) is 25.5 Å². The lowest BCUT2D eigenvalue weighted by Crippen LogP contribution is -2.49. The lowest BCUT2D eigenvalue weighted by molar-refractivity contribution is 0.0929. The van der Waals surface area contributed by atoms with Crippen molar-refractivity contribution in [3.05, 3.63) is 63.3 Å². The van der Waals surface area contributed by atoms with Gasteiger partial charge in [-0.25, -0.2) is 5.43 Å². The zero-order chi connectivity index (χ0) is 24.8. The standard InChI is InChI=1S/C27H30BrN3O3/c1-15(2)31-22-8-16(3)19(10-21(22)17(4)13-27(31,5)6)14-29-30-26(32)24-11-18-9-20(28)12-23(33-7)25(18)34-24/h8-15H,1-7H3,(H,30,32)/b29-14+. The molecule has 0 unspecified atom stereocenters. The van der Waals surface area contributed by atoms with E-state index in [9.17, 15) is 4.79 Å². The largest absolute Gasteiger partial charge is 0.493 e. The fourth-order valence-electron chi connectivity index (χ4n) is 4.86. The first-order valence-corrected chi connectivity index (χ1v) is 12.1. The van der Waals surface area contributed by atoms with Crippen LogP contribution in [0.3, 0.4) is 0 Å². The van der Waals surface area contributed by atoms with Crippen molar-refractivity contribution in [3.63, 3.8) is 0 Å². The van der Waals surface area contributed by atoms with Gasteiger partial charge in [-0.3, -0.25) is 4.79 Å². The number of hydrazone groups is 1. The minimum atomic E-state index is -0.426. The number of aryl methyl sites for hydroxylation is 1. The molecule has 178 valence electrons. The van der Waals surface area contributed by atoms with E-state index in [0.29, 0.717) is 17.4 Å². The molecule has 2 heterocycles. The molecule has 0 bridgehead atoms. The molecule has 1 aliphatic rings. The maximum atomic E-state index is 12.7. The Balaban J connectivity index is 1.59. The molecule has 3 aromatic rings. The van der Waals surface area contributed by atoms with E-state index in [2.05, 4.69) is 91.1 Å². The zero-order valence-electron chi connectivity index (χ0n) is 20.6. The molecule has 7 heteroatoms. The Hall–Kier alpha value is -3.06. The molecule has 4 rings (SSSR count). The van der Waals surface area contributed by atoms with E-state index in [1.165, 1.54) is 16.8 Å². The van der Waals surface area contributed by atoms with Gasteiger partial charge in [-0.05, 0) is 88.6 Å². The van der Waals surface area contributed by atoms with Crippen LogP contribution in [0.4, 0.5) is 5.69 Å². The molecule has 0 spiro atoms. The van der Waals surface area contributed by atoms with E-state index in [0.717, 1.165) is 21.0 Å². The van der Waals surface area contributed by atoms with Gasteiger partial charge in [-0.1, -0.05) is 22.0 Å². The summed E-state index contributed by atoms with van der Waals surface area (Å²) in [5.41, 5.74) is 8.71. The SMILES string of the molecule is COc1cc(Br)cc2cc(C(=O)N/N=C/c3cc4c(cc3C)N(C(C)C)C(C)(C)C=C4C)oc12. The lowest BCUT2D eigenvalue weighted by Gasteiger charge is -2.46. The predicted octanol–water partition coefficient (Wildman–Crippen LogP) is 6.69. The van der Waals surface area contributed by atoms with E-state index in [-0.39, 0.29) is 11.3 Å². The highest BCUT2D eigenvalue weighted by Gasteiger charge is 2.33. The van der Waals surface area contributed by atoms with E-state index >= 15 is 0 Å². The van der Waals surface area contributed by atoms with Gasteiger partial charge in [0, 0.05) is 27.2 Å². The molecule has 34 heavy (non-hydrogen) atoms. The highest BCUT2D eigenvalue weighted by atomic mass is 79.9. The number of fused-ring (bicyclic) bond motifs is 2. The number of carbonyl (C=O) groups is 1. The van der Waals surface area contributed by atoms with Crippen LogP contribution in [0.2, 0.25) is 0 Å². The van der Waals surface area contributed by atoms with Crippen LogP contribution in [-0.4, -0.2) is 30.8 Å². The van der Waals surface area contributed by atoms with Gasteiger partial charge in [-0.2, -0.15) is 5.10 Å². The summed E-state index contributed by atoms with van der Waals surface area (Å²) in [6, 6.07) is 10.0. The van der Waals surface area contributed by atoms with Crippen molar-refractivity contribution in [2.75, 3.05) is 12.0 Å². The Labute approximate surface area is 208 Å². The summed E-state index contributed by atoms with van der Waals surface area (Å²) in [5.74, 6) is 0.294. The van der Waals surface area contributed by atoms with Crippen LogP contribution in [0.5, 0.6) is 5.75 Å². The molecule has 0 saturated carbocycles. The second kappa shape index (κ2) is 8.95. The summed E-state index contributed by atoms with van der Waals surface area (Å²) < 4.78 is 11.9. The maximum absolute atomic E-state index is 12.7. The van der Waals surface area contributed by atoms with Gasteiger partial charge in [0.25, 0.3) is 0 Å². The molecule has 1 aliphatic heterocycles. The van der Waals surface area contributed by atoms with Crippen molar-refractivity contribution in [2.24, 2.45) is 5.10 Å². The van der Waals surface area contributed by atoms with Crippen molar-refractivity contribution in [1.82, 2.24) is 5.43 Å². The molecule has 1 aromatic heterocycles. The Morgan fingerprint density at radius 2 is 1.94 bits per heavy atom. The van der Waals surface area contributed by atoms with Crippen molar-refractivity contribution in [1.29, 1.82) is 0 Å². The third-order valence-electron chi connectivity index (χ3n) is 6.14. The number of benzene rings is 2. The van der Waals surface area contributed by atoms with Crippen LogP contribution in [-0.2, 0) is 0 Å².